The van der Waals surface area contributed by atoms with Crippen molar-refractivity contribution in [3.05, 3.63) is 249 Å². The maximum absolute atomic E-state index is 2.64. The first-order valence-corrected chi connectivity index (χ1v) is 24.0. The van der Waals surface area contributed by atoms with E-state index in [9.17, 15) is 0 Å². The zero-order chi connectivity index (χ0) is 45.2. The predicted octanol–water partition coefficient (Wildman–Crippen LogP) is 15.2. The molecule has 0 fully saturated rings. The molecular formula is C66H41BN2. The number of fused-ring (bicyclic) bond motifs is 19. The summed E-state index contributed by atoms with van der Waals surface area (Å²) in [6.07, 6.45) is 0. The molecule has 3 heteroatoms. The molecule has 13 aromatic rings. The molecule has 318 valence electrons. The summed E-state index contributed by atoms with van der Waals surface area (Å²) in [6, 6.07) is 93.4. The zero-order valence-electron chi connectivity index (χ0n) is 37.6. The molecule has 2 aliphatic rings. The number of benzene rings is 11. The van der Waals surface area contributed by atoms with Gasteiger partial charge in [0, 0.05) is 38.4 Å². The summed E-state index contributed by atoms with van der Waals surface area (Å²) < 4.78 is 5.27. The Kier molecular flexibility index (Phi) is 8.19. The lowest BCUT2D eigenvalue weighted by atomic mass is 9.34. The van der Waals surface area contributed by atoms with Crippen molar-refractivity contribution in [1.82, 2.24) is 9.13 Å². The largest absolute Gasteiger partial charge is 0.310 e. The molecule has 0 amide bonds. The van der Waals surface area contributed by atoms with E-state index in [4.69, 9.17) is 0 Å². The topological polar surface area (TPSA) is 9.86 Å². The van der Waals surface area contributed by atoms with Gasteiger partial charge in [0.05, 0.1) is 16.6 Å². The fourth-order valence-electron chi connectivity index (χ4n) is 12.3. The highest BCUT2D eigenvalue weighted by molar-refractivity contribution is 7.00. The van der Waals surface area contributed by atoms with E-state index < -0.39 is 0 Å². The van der Waals surface area contributed by atoms with Gasteiger partial charge in [0.15, 0.2) is 0 Å². The van der Waals surface area contributed by atoms with Gasteiger partial charge in [-0.3, -0.25) is 0 Å². The van der Waals surface area contributed by atoms with E-state index in [2.05, 4.69) is 258 Å². The van der Waals surface area contributed by atoms with Crippen molar-refractivity contribution >= 4 is 110 Å². The van der Waals surface area contributed by atoms with Crippen LogP contribution in [-0.2, 0) is 0 Å². The summed E-state index contributed by atoms with van der Waals surface area (Å²) >= 11 is 0. The van der Waals surface area contributed by atoms with Crippen LogP contribution in [0.1, 0.15) is 0 Å². The van der Waals surface area contributed by atoms with Gasteiger partial charge in [-0.05, 0) is 112 Å². The number of rotatable bonds is 2. The minimum Gasteiger partial charge on any atom is -0.310 e. The average Bonchev–Trinajstić information content (AvgIpc) is 3.50. The first-order chi connectivity index (χ1) is 34.3. The van der Waals surface area contributed by atoms with Gasteiger partial charge in [-0.2, -0.15) is 0 Å². The van der Waals surface area contributed by atoms with Crippen LogP contribution >= 0.6 is 0 Å². The van der Waals surface area contributed by atoms with Crippen molar-refractivity contribution in [2.45, 2.75) is 0 Å². The number of aromatic nitrogens is 2. The van der Waals surface area contributed by atoms with Crippen molar-refractivity contribution in [3.63, 3.8) is 0 Å². The predicted molar refractivity (Wildman–Crippen MR) is 296 cm³/mol. The molecule has 0 saturated carbocycles. The Balaban J connectivity index is 1.29. The van der Waals surface area contributed by atoms with E-state index in [1.165, 1.54) is 126 Å². The molecule has 4 heterocycles. The molecule has 0 unspecified atom stereocenters. The molecule has 2 aromatic heterocycles. The van der Waals surface area contributed by atoms with Crippen LogP contribution in [0.15, 0.2) is 249 Å². The first kappa shape index (κ1) is 38.2. The monoisotopic (exact) mass is 872 g/mol. The van der Waals surface area contributed by atoms with Crippen LogP contribution < -0.4 is 16.4 Å². The Morgan fingerprint density at radius 3 is 1.16 bits per heavy atom. The molecule has 69 heavy (non-hydrogen) atoms. The summed E-state index contributed by atoms with van der Waals surface area (Å²) in [7, 11) is 0. The second kappa shape index (κ2) is 14.8. The van der Waals surface area contributed by atoms with Gasteiger partial charge >= 0.3 is 0 Å². The van der Waals surface area contributed by atoms with E-state index in [0.29, 0.717) is 0 Å². The maximum Gasteiger partial charge on any atom is 0.252 e. The highest BCUT2D eigenvalue weighted by Gasteiger charge is 2.40. The Morgan fingerprint density at radius 1 is 0.232 bits per heavy atom. The quantitative estimate of drug-likeness (QED) is 0.153. The van der Waals surface area contributed by atoms with Crippen molar-refractivity contribution in [3.8, 4) is 33.6 Å². The molecule has 0 spiro atoms. The maximum atomic E-state index is 2.64. The van der Waals surface area contributed by atoms with Crippen LogP contribution in [0.4, 0.5) is 0 Å². The number of hydrogen-bond acceptors (Lipinski definition) is 0. The van der Waals surface area contributed by atoms with E-state index in [0.717, 1.165) is 11.0 Å². The van der Waals surface area contributed by atoms with Crippen LogP contribution in [0.25, 0.3) is 120 Å². The van der Waals surface area contributed by atoms with Crippen molar-refractivity contribution < 1.29 is 0 Å². The van der Waals surface area contributed by atoms with Crippen LogP contribution in [-0.4, -0.2) is 15.8 Å². The highest BCUT2D eigenvalue weighted by Crippen LogP contribution is 2.41. The summed E-state index contributed by atoms with van der Waals surface area (Å²) in [5.41, 5.74) is 15.8. The zero-order valence-corrected chi connectivity index (χ0v) is 37.6. The van der Waals surface area contributed by atoms with Crippen molar-refractivity contribution in [1.29, 1.82) is 0 Å². The molecule has 0 radical (unpaired) electrons. The molecule has 2 aliphatic heterocycles. The van der Waals surface area contributed by atoms with E-state index in [1.54, 1.807) is 0 Å². The summed E-state index contributed by atoms with van der Waals surface area (Å²) in [5.74, 6) is 0. The van der Waals surface area contributed by atoms with Gasteiger partial charge in [-0.15, -0.1) is 0 Å². The first-order valence-electron chi connectivity index (χ1n) is 24.0. The molecule has 0 N–H and O–H groups in total. The van der Waals surface area contributed by atoms with Crippen LogP contribution in [0.5, 0.6) is 0 Å². The van der Waals surface area contributed by atoms with Gasteiger partial charge in [-0.25, -0.2) is 0 Å². The third-order valence-electron chi connectivity index (χ3n) is 15.2. The van der Waals surface area contributed by atoms with Gasteiger partial charge in [0.1, 0.15) is 0 Å². The smallest absolute Gasteiger partial charge is 0.252 e. The Bertz CT molecular complexity index is 4480. The lowest BCUT2D eigenvalue weighted by Gasteiger charge is -2.36. The fraction of sp³-hybridized carbons (Fsp3) is 0. The molecular weight excluding hydrogens is 832 g/mol. The van der Waals surface area contributed by atoms with Crippen molar-refractivity contribution in [2.24, 2.45) is 0 Å². The minimum atomic E-state index is -0.136. The fourth-order valence-corrected chi connectivity index (χ4v) is 12.3. The second-order valence-corrected chi connectivity index (χ2v) is 18.7. The number of hydrogen-bond donors (Lipinski definition) is 0. The average molecular weight is 873 g/mol. The van der Waals surface area contributed by atoms with Crippen molar-refractivity contribution in [2.75, 3.05) is 0 Å². The molecule has 15 rings (SSSR count). The van der Waals surface area contributed by atoms with Gasteiger partial charge < -0.3 is 9.13 Å². The molecule has 0 saturated heterocycles. The van der Waals surface area contributed by atoms with E-state index >= 15 is 0 Å². The van der Waals surface area contributed by atoms with Crippen LogP contribution in [0, 0.1) is 0 Å². The molecule has 0 bridgehead atoms. The standard InChI is InChI=1S/C66H41BN2/c1-3-19-42(20-4-1)44-35-37-62-58(40-44)67-59-41-45(43-21-5-2-6-22-43)39-57-53-30-14-10-26-49(53)47-24-8-12-28-51(47)55-32-16-18-34-61(55)69(65(57)59)63-38-36-56-52-29-13-9-25-48(52)46-23-7-11-27-50(46)54-31-15-17-33-60(54)68(62)66(56)64(63)67/h1-41H. The van der Waals surface area contributed by atoms with Gasteiger partial charge in [0.25, 0.3) is 6.71 Å². The Morgan fingerprint density at radius 2 is 0.623 bits per heavy atom. The number of para-hydroxylation sites is 2. The number of nitrogens with zero attached hydrogens (tertiary/aromatic N) is 2. The molecule has 2 nitrogen and oxygen atoms in total. The summed E-state index contributed by atoms with van der Waals surface area (Å²) in [5, 5.41) is 14.6. The normalized spacial score (nSPS) is 12.3. The second-order valence-electron chi connectivity index (χ2n) is 18.7. The lowest BCUT2D eigenvalue weighted by Crippen LogP contribution is -2.59. The minimum absolute atomic E-state index is 0.136. The third kappa shape index (κ3) is 5.50. The van der Waals surface area contributed by atoms with Crippen LogP contribution in [0.3, 0.4) is 0 Å². The Hall–Kier alpha value is -8.92. The third-order valence-corrected chi connectivity index (χ3v) is 15.2. The van der Waals surface area contributed by atoms with Gasteiger partial charge in [-0.1, -0.05) is 218 Å². The summed E-state index contributed by atoms with van der Waals surface area (Å²) in [4.78, 5) is 0. The van der Waals surface area contributed by atoms with Crippen LogP contribution in [0.2, 0.25) is 0 Å². The molecule has 0 atom stereocenters. The van der Waals surface area contributed by atoms with E-state index in [1.807, 2.05) is 0 Å². The highest BCUT2D eigenvalue weighted by atomic mass is 15.0. The SMILES string of the molecule is c1ccc(-c2ccc3c(c2)B2c4cc(-c5ccccc5)cc5c6ccccc6c6ccccc6c6ccccc6n(c45)-c4ccc5c6ccccc6c6ccccc6c6ccccc6n-3c5c42)cc1. The summed E-state index contributed by atoms with van der Waals surface area (Å²) in [6.45, 7) is -0.136. The van der Waals surface area contributed by atoms with Gasteiger partial charge in [0.2, 0.25) is 0 Å². The van der Waals surface area contributed by atoms with E-state index in [-0.39, 0.29) is 6.71 Å². The molecule has 0 aliphatic carbocycles. The Labute approximate surface area is 399 Å². The lowest BCUT2D eigenvalue weighted by molar-refractivity contribution is 1.15. The molecule has 11 aromatic carbocycles.